The molecule has 8 atom stereocenters. The summed E-state index contributed by atoms with van der Waals surface area (Å²) in [6.45, 7) is 6.13. The molecule has 8 unspecified atom stereocenters. The largest absolute Gasteiger partial charge is 0.462 e. The van der Waals surface area contributed by atoms with E-state index < -0.39 is 35.9 Å². The van der Waals surface area contributed by atoms with Crippen LogP contribution in [0.4, 0.5) is 0 Å². The Morgan fingerprint density at radius 1 is 1.22 bits per heavy atom. The van der Waals surface area contributed by atoms with Gasteiger partial charge in [0, 0.05) is 25.4 Å². The molecule has 0 radical (unpaired) electrons. The summed E-state index contributed by atoms with van der Waals surface area (Å²) < 4.78 is 22.6. The van der Waals surface area contributed by atoms with Gasteiger partial charge in [0.05, 0.1) is 36.3 Å². The van der Waals surface area contributed by atoms with Crippen LogP contribution in [0.1, 0.15) is 20.3 Å². The van der Waals surface area contributed by atoms with Crippen LogP contribution in [-0.4, -0.2) is 84.3 Å². The number of aliphatic hydroxyl groups excluding tert-OH is 1. The summed E-state index contributed by atoms with van der Waals surface area (Å²) in [6, 6.07) is -0.497. The van der Waals surface area contributed by atoms with Crippen LogP contribution in [0.25, 0.3) is 0 Å². The van der Waals surface area contributed by atoms with Gasteiger partial charge in [-0.2, -0.15) is 0 Å². The summed E-state index contributed by atoms with van der Waals surface area (Å²) >= 11 is 0. The summed E-state index contributed by atoms with van der Waals surface area (Å²) in [6.07, 6.45) is 0.106. The Morgan fingerprint density at radius 2 is 1.96 bits per heavy atom. The van der Waals surface area contributed by atoms with Gasteiger partial charge < -0.3 is 24.1 Å². The summed E-state index contributed by atoms with van der Waals surface area (Å²) in [5, 5.41) is 11.1. The van der Waals surface area contributed by atoms with Crippen LogP contribution >= 0.6 is 0 Å². The number of hydrogen-bond acceptors (Lipinski definition) is 8. The number of epoxide rings is 1. The predicted octanol–water partition coefficient (Wildman–Crippen LogP) is -0.361. The maximum atomic E-state index is 12.7. The van der Waals surface area contributed by atoms with E-state index in [0.29, 0.717) is 38.3 Å². The number of rotatable bonds is 1. The van der Waals surface area contributed by atoms with Crippen molar-refractivity contribution in [1.29, 1.82) is 0 Å². The molecule has 3 saturated heterocycles. The number of ether oxygens (including phenoxy) is 4. The van der Waals surface area contributed by atoms with Gasteiger partial charge in [-0.3, -0.25) is 9.69 Å². The second-order valence-corrected chi connectivity index (χ2v) is 8.47. The molecule has 5 aliphatic rings. The zero-order valence-electron chi connectivity index (χ0n) is 15.5. The Balaban J connectivity index is 1.56. The van der Waals surface area contributed by atoms with Gasteiger partial charge in [-0.15, -0.1) is 0 Å². The molecule has 4 heterocycles. The molecule has 27 heavy (non-hydrogen) atoms. The van der Waals surface area contributed by atoms with E-state index in [1.165, 1.54) is 0 Å². The Hall–Kier alpha value is -1.48. The van der Waals surface area contributed by atoms with Gasteiger partial charge in [0.2, 0.25) is 0 Å². The van der Waals surface area contributed by atoms with E-state index in [-0.39, 0.29) is 23.9 Å². The van der Waals surface area contributed by atoms with Gasteiger partial charge in [0.25, 0.3) is 0 Å². The molecule has 8 nitrogen and oxygen atoms in total. The molecule has 148 valence electrons. The number of carbonyl (C=O) groups excluding carboxylic acids is 2. The quantitative estimate of drug-likeness (QED) is 0.487. The highest BCUT2D eigenvalue weighted by Crippen LogP contribution is 2.50. The molecule has 0 saturated carbocycles. The van der Waals surface area contributed by atoms with E-state index in [0.717, 1.165) is 0 Å². The van der Waals surface area contributed by atoms with Crippen molar-refractivity contribution in [3.8, 4) is 0 Å². The second-order valence-electron chi connectivity index (χ2n) is 8.47. The first-order valence-corrected chi connectivity index (χ1v) is 9.70. The summed E-state index contributed by atoms with van der Waals surface area (Å²) in [5.74, 6) is -1.28. The van der Waals surface area contributed by atoms with Crippen LogP contribution in [0.15, 0.2) is 11.6 Å². The summed E-state index contributed by atoms with van der Waals surface area (Å²) in [7, 11) is 0. The van der Waals surface area contributed by atoms with Crippen molar-refractivity contribution in [2.24, 2.45) is 11.8 Å². The Kier molecular flexibility index (Phi) is 3.92. The van der Waals surface area contributed by atoms with Gasteiger partial charge in [-0.05, 0) is 13.0 Å². The Labute approximate surface area is 157 Å². The molecule has 0 amide bonds. The average molecular weight is 379 g/mol. The first-order valence-electron chi connectivity index (χ1n) is 9.70. The maximum Gasteiger partial charge on any atom is 0.336 e. The predicted molar refractivity (Wildman–Crippen MR) is 90.6 cm³/mol. The fourth-order valence-corrected chi connectivity index (χ4v) is 5.24. The van der Waals surface area contributed by atoms with Crippen molar-refractivity contribution in [2.45, 2.75) is 56.3 Å². The topological polar surface area (TPSA) is 97.8 Å². The Bertz CT molecular complexity index is 702. The molecule has 4 aliphatic heterocycles. The monoisotopic (exact) mass is 379 g/mol. The molecule has 2 bridgehead atoms. The molecular weight excluding hydrogens is 354 g/mol. The third-order valence-corrected chi connectivity index (χ3v) is 6.79. The third kappa shape index (κ3) is 2.65. The van der Waals surface area contributed by atoms with Gasteiger partial charge >= 0.3 is 11.9 Å². The molecule has 3 fully saturated rings. The van der Waals surface area contributed by atoms with E-state index in [2.05, 4.69) is 4.90 Å². The zero-order valence-corrected chi connectivity index (χ0v) is 15.5. The van der Waals surface area contributed by atoms with Gasteiger partial charge in [-0.25, -0.2) is 4.79 Å². The summed E-state index contributed by atoms with van der Waals surface area (Å²) in [4.78, 5) is 27.0. The zero-order chi connectivity index (χ0) is 18.9. The number of fused-ring (bicyclic) bond motifs is 4. The van der Waals surface area contributed by atoms with Crippen LogP contribution < -0.4 is 0 Å². The molecule has 0 spiro atoms. The van der Waals surface area contributed by atoms with Crippen LogP contribution in [-0.2, 0) is 28.5 Å². The minimum atomic E-state index is -0.864. The maximum absolute atomic E-state index is 12.7. The molecule has 1 N–H and O–H groups in total. The number of esters is 2. The number of morpholine rings is 1. The molecule has 0 aromatic rings. The first-order chi connectivity index (χ1) is 12.9. The van der Waals surface area contributed by atoms with Crippen molar-refractivity contribution in [3.63, 3.8) is 0 Å². The van der Waals surface area contributed by atoms with Crippen molar-refractivity contribution in [2.75, 3.05) is 26.3 Å². The van der Waals surface area contributed by atoms with Crippen molar-refractivity contribution in [1.82, 2.24) is 4.90 Å². The minimum Gasteiger partial charge on any atom is -0.462 e. The summed E-state index contributed by atoms with van der Waals surface area (Å²) in [5.41, 5.74) is -0.114. The molecule has 0 aromatic heterocycles. The molecule has 5 rings (SSSR count). The molecule has 1 aliphatic carbocycles. The fourth-order valence-electron chi connectivity index (χ4n) is 5.24. The van der Waals surface area contributed by atoms with Gasteiger partial charge in [0.15, 0.2) is 0 Å². The van der Waals surface area contributed by atoms with Crippen LogP contribution in [0.2, 0.25) is 0 Å². The lowest BCUT2D eigenvalue weighted by molar-refractivity contribution is -0.144. The lowest BCUT2D eigenvalue weighted by atomic mass is 9.79. The fraction of sp³-hybridized carbons (Fsp3) is 0.789. The van der Waals surface area contributed by atoms with E-state index in [1.54, 1.807) is 6.08 Å². The number of hydrogen-bond donors (Lipinski definition) is 1. The van der Waals surface area contributed by atoms with Crippen LogP contribution in [0, 0.1) is 11.8 Å². The van der Waals surface area contributed by atoms with Gasteiger partial charge in [-0.1, -0.05) is 6.92 Å². The van der Waals surface area contributed by atoms with E-state index in [1.807, 2.05) is 13.8 Å². The average Bonchev–Trinajstić information content (AvgIpc) is 3.05. The normalized spacial score (nSPS) is 49.6. The number of nitrogens with zero attached hydrogens (tertiary/aromatic N) is 1. The molecular formula is C19H25NO7. The smallest absolute Gasteiger partial charge is 0.336 e. The van der Waals surface area contributed by atoms with E-state index in [9.17, 15) is 14.7 Å². The third-order valence-electron chi connectivity index (χ3n) is 6.79. The van der Waals surface area contributed by atoms with E-state index >= 15 is 0 Å². The highest BCUT2D eigenvalue weighted by atomic mass is 16.6. The van der Waals surface area contributed by atoms with Gasteiger partial charge in [0.1, 0.15) is 24.4 Å². The van der Waals surface area contributed by atoms with Crippen LogP contribution in [0.3, 0.4) is 0 Å². The number of aliphatic hydroxyl groups is 1. The van der Waals surface area contributed by atoms with E-state index in [4.69, 9.17) is 18.9 Å². The Morgan fingerprint density at radius 3 is 2.70 bits per heavy atom. The van der Waals surface area contributed by atoms with Crippen molar-refractivity contribution in [3.05, 3.63) is 11.6 Å². The first kappa shape index (κ1) is 17.6. The van der Waals surface area contributed by atoms with Crippen LogP contribution in [0.5, 0.6) is 0 Å². The molecule has 0 aromatic carbocycles. The lowest BCUT2D eigenvalue weighted by Crippen LogP contribution is -2.53. The highest BCUT2D eigenvalue weighted by Gasteiger charge is 2.64. The SMILES string of the molecule is CC1C(=O)OC2CC3(C)OC3C(O)C(N3CCOCC3)C3=CC(OC3=O)C21. The lowest BCUT2D eigenvalue weighted by Gasteiger charge is -2.37. The highest BCUT2D eigenvalue weighted by molar-refractivity contribution is 5.92. The van der Waals surface area contributed by atoms with Crippen molar-refractivity contribution >= 4 is 11.9 Å². The minimum absolute atomic E-state index is 0.235. The second kappa shape index (κ2) is 6.01. The standard InChI is InChI=1S/C19H25NO7/c1-9-13-11-7-10(18(23)25-11)14(20-3-5-24-6-4-20)15(21)16-19(2,27-16)8-12(13)26-17(9)22/h7,9,11-16,21H,3-6,8H2,1-2H3. The number of carbonyl (C=O) groups is 2. The van der Waals surface area contributed by atoms with Crippen molar-refractivity contribution < 1.29 is 33.6 Å². The molecule has 8 heteroatoms.